The number of rotatable bonds is 7. The molecule has 0 heterocycles. The molecule has 0 fully saturated rings. The summed E-state index contributed by atoms with van der Waals surface area (Å²) in [5.41, 5.74) is 2.00. The van der Waals surface area contributed by atoms with Gasteiger partial charge in [0.25, 0.3) is 0 Å². The molecule has 0 unspecified atom stereocenters. The van der Waals surface area contributed by atoms with Gasteiger partial charge in [-0.15, -0.1) is 0 Å². The minimum absolute atomic E-state index is 0.000404. The summed E-state index contributed by atoms with van der Waals surface area (Å²) in [6.45, 7) is 0.916. The maximum Gasteiger partial charge on any atom is 0.315 e. The standard InChI is InChI=1S/C19H24ClN3O2/c1-23(2)18(16-6-4-5-7-17(16)20)13-22-19(24)21-12-14-8-10-15(25-3)11-9-14/h4-11,18H,12-13H2,1-3H3,(H2,21,22,24)/t18-/m1/s1. The Kier molecular flexibility index (Phi) is 7.10. The van der Waals surface area contributed by atoms with Crippen molar-refractivity contribution >= 4 is 17.6 Å². The van der Waals surface area contributed by atoms with Gasteiger partial charge in [-0.25, -0.2) is 4.79 Å². The fourth-order valence-corrected chi connectivity index (χ4v) is 2.76. The van der Waals surface area contributed by atoms with E-state index in [9.17, 15) is 4.79 Å². The lowest BCUT2D eigenvalue weighted by atomic mass is 10.1. The summed E-state index contributed by atoms with van der Waals surface area (Å²) in [5, 5.41) is 6.46. The van der Waals surface area contributed by atoms with Gasteiger partial charge in [0.1, 0.15) is 5.75 Å². The number of benzene rings is 2. The summed E-state index contributed by atoms with van der Waals surface area (Å²) in [4.78, 5) is 14.1. The number of carbonyl (C=O) groups is 1. The van der Waals surface area contributed by atoms with E-state index in [1.165, 1.54) is 0 Å². The summed E-state index contributed by atoms with van der Waals surface area (Å²) < 4.78 is 5.12. The predicted octanol–water partition coefficient (Wildman–Crippen LogP) is 3.45. The van der Waals surface area contributed by atoms with Crippen LogP contribution in [0.4, 0.5) is 4.79 Å². The highest BCUT2D eigenvalue weighted by Crippen LogP contribution is 2.25. The molecule has 0 aliphatic rings. The van der Waals surface area contributed by atoms with Gasteiger partial charge in [0, 0.05) is 18.1 Å². The van der Waals surface area contributed by atoms with Crippen LogP contribution in [-0.4, -0.2) is 38.7 Å². The first kappa shape index (κ1) is 19.1. The number of hydrogen-bond donors (Lipinski definition) is 2. The quantitative estimate of drug-likeness (QED) is 0.794. The van der Waals surface area contributed by atoms with Crippen molar-refractivity contribution in [2.75, 3.05) is 27.7 Å². The van der Waals surface area contributed by atoms with E-state index in [4.69, 9.17) is 16.3 Å². The molecule has 2 N–H and O–H groups in total. The van der Waals surface area contributed by atoms with Gasteiger partial charge in [0.15, 0.2) is 0 Å². The third-order valence-electron chi connectivity index (χ3n) is 3.96. The Morgan fingerprint density at radius 2 is 1.80 bits per heavy atom. The summed E-state index contributed by atoms with van der Waals surface area (Å²) in [6.07, 6.45) is 0. The van der Waals surface area contributed by atoms with Gasteiger partial charge in [-0.2, -0.15) is 0 Å². The molecule has 2 rings (SSSR count). The van der Waals surface area contributed by atoms with E-state index in [0.29, 0.717) is 18.1 Å². The first-order valence-corrected chi connectivity index (χ1v) is 8.44. The zero-order valence-electron chi connectivity index (χ0n) is 14.8. The SMILES string of the molecule is COc1ccc(CNC(=O)NC[C@H](c2ccccc2Cl)N(C)C)cc1. The number of urea groups is 1. The summed E-state index contributed by atoms with van der Waals surface area (Å²) in [5.74, 6) is 0.793. The van der Waals surface area contributed by atoms with Crippen LogP contribution in [0, 0.1) is 0 Å². The van der Waals surface area contributed by atoms with Gasteiger partial charge < -0.3 is 20.3 Å². The lowest BCUT2D eigenvalue weighted by Crippen LogP contribution is -2.40. The van der Waals surface area contributed by atoms with Crippen molar-refractivity contribution in [1.82, 2.24) is 15.5 Å². The van der Waals surface area contributed by atoms with Gasteiger partial charge in [0.05, 0.1) is 13.2 Å². The number of hydrogen-bond acceptors (Lipinski definition) is 3. The maximum atomic E-state index is 12.1. The van der Waals surface area contributed by atoms with E-state index in [2.05, 4.69) is 10.6 Å². The van der Waals surface area contributed by atoms with E-state index in [1.807, 2.05) is 67.5 Å². The average molecular weight is 362 g/mol. The molecule has 0 bridgehead atoms. The zero-order valence-corrected chi connectivity index (χ0v) is 15.5. The van der Waals surface area contributed by atoms with E-state index >= 15 is 0 Å². The minimum Gasteiger partial charge on any atom is -0.497 e. The maximum absolute atomic E-state index is 12.1. The van der Waals surface area contributed by atoms with Crippen molar-refractivity contribution in [1.29, 1.82) is 0 Å². The molecule has 134 valence electrons. The number of ether oxygens (including phenoxy) is 1. The lowest BCUT2D eigenvalue weighted by Gasteiger charge is -2.26. The highest BCUT2D eigenvalue weighted by molar-refractivity contribution is 6.31. The molecule has 6 heteroatoms. The van der Waals surface area contributed by atoms with Gasteiger partial charge in [0.2, 0.25) is 0 Å². The molecular formula is C19H24ClN3O2. The first-order valence-electron chi connectivity index (χ1n) is 8.06. The number of nitrogens with zero attached hydrogens (tertiary/aromatic N) is 1. The minimum atomic E-state index is -0.213. The van der Waals surface area contributed by atoms with Crippen LogP contribution in [0.15, 0.2) is 48.5 Å². The molecule has 0 aliphatic heterocycles. The van der Waals surface area contributed by atoms with Crippen LogP contribution in [0.25, 0.3) is 0 Å². The van der Waals surface area contributed by atoms with E-state index in [0.717, 1.165) is 16.9 Å². The third kappa shape index (κ3) is 5.66. The second-order valence-electron chi connectivity index (χ2n) is 5.91. The molecule has 5 nitrogen and oxygen atoms in total. The fourth-order valence-electron chi connectivity index (χ4n) is 2.49. The third-order valence-corrected chi connectivity index (χ3v) is 4.30. The van der Waals surface area contributed by atoms with Crippen LogP contribution >= 0.6 is 11.6 Å². The number of nitrogens with one attached hydrogen (secondary N) is 2. The number of carbonyl (C=O) groups excluding carboxylic acids is 1. The molecule has 0 aliphatic carbocycles. The summed E-state index contributed by atoms with van der Waals surface area (Å²) >= 11 is 6.28. The molecule has 0 radical (unpaired) electrons. The number of halogens is 1. The van der Waals surface area contributed by atoms with Crippen molar-refractivity contribution < 1.29 is 9.53 Å². The topological polar surface area (TPSA) is 53.6 Å². The molecule has 0 saturated heterocycles. The van der Waals surface area contributed by atoms with E-state index < -0.39 is 0 Å². The molecule has 0 aromatic heterocycles. The van der Waals surface area contributed by atoms with Crippen LogP contribution in [0.5, 0.6) is 5.75 Å². The van der Waals surface area contributed by atoms with Crippen molar-refractivity contribution in [2.24, 2.45) is 0 Å². The predicted molar refractivity (Wildman–Crippen MR) is 101 cm³/mol. The Morgan fingerprint density at radius 3 is 2.40 bits per heavy atom. The van der Waals surface area contributed by atoms with Crippen LogP contribution in [0.2, 0.25) is 5.02 Å². The number of likely N-dealkylation sites (N-methyl/N-ethyl adjacent to an activating group) is 1. The summed E-state index contributed by atoms with van der Waals surface area (Å²) in [7, 11) is 5.55. The van der Waals surface area contributed by atoms with Gasteiger partial charge >= 0.3 is 6.03 Å². The fraction of sp³-hybridized carbons (Fsp3) is 0.316. The van der Waals surface area contributed by atoms with Crippen LogP contribution in [0.3, 0.4) is 0 Å². The normalized spacial score (nSPS) is 11.9. The number of amides is 2. The molecule has 2 amide bonds. The van der Waals surface area contributed by atoms with Crippen molar-refractivity contribution in [2.45, 2.75) is 12.6 Å². The largest absolute Gasteiger partial charge is 0.497 e. The van der Waals surface area contributed by atoms with Crippen molar-refractivity contribution in [3.05, 3.63) is 64.7 Å². The number of methoxy groups -OCH3 is 1. The molecular weight excluding hydrogens is 338 g/mol. The van der Waals surface area contributed by atoms with Crippen LogP contribution in [0.1, 0.15) is 17.2 Å². The molecule has 0 saturated carbocycles. The van der Waals surface area contributed by atoms with Gasteiger partial charge in [-0.1, -0.05) is 41.9 Å². The van der Waals surface area contributed by atoms with Crippen molar-refractivity contribution in [3.8, 4) is 5.75 Å². The molecule has 2 aromatic carbocycles. The Bertz CT molecular complexity index is 689. The molecule has 25 heavy (non-hydrogen) atoms. The highest BCUT2D eigenvalue weighted by atomic mass is 35.5. The molecule has 1 atom stereocenters. The Morgan fingerprint density at radius 1 is 1.12 bits per heavy atom. The second-order valence-corrected chi connectivity index (χ2v) is 6.32. The van der Waals surface area contributed by atoms with Gasteiger partial charge in [-0.3, -0.25) is 0 Å². The monoisotopic (exact) mass is 361 g/mol. The Labute approximate surface area is 153 Å². The Hall–Kier alpha value is -2.24. The molecule has 0 spiro atoms. The van der Waals surface area contributed by atoms with Crippen LogP contribution in [-0.2, 0) is 6.54 Å². The van der Waals surface area contributed by atoms with E-state index in [-0.39, 0.29) is 12.1 Å². The smallest absolute Gasteiger partial charge is 0.315 e. The second kappa shape index (κ2) is 9.30. The lowest BCUT2D eigenvalue weighted by molar-refractivity contribution is 0.232. The molecule has 2 aromatic rings. The zero-order chi connectivity index (χ0) is 18.2. The summed E-state index contributed by atoms with van der Waals surface area (Å²) in [6, 6.07) is 15.0. The van der Waals surface area contributed by atoms with Crippen molar-refractivity contribution in [3.63, 3.8) is 0 Å². The first-order chi connectivity index (χ1) is 12.0. The van der Waals surface area contributed by atoms with E-state index in [1.54, 1.807) is 7.11 Å². The average Bonchev–Trinajstić information content (AvgIpc) is 2.61. The van der Waals surface area contributed by atoms with Crippen LogP contribution < -0.4 is 15.4 Å². The highest BCUT2D eigenvalue weighted by Gasteiger charge is 2.17. The Balaban J connectivity index is 1.87. The van der Waals surface area contributed by atoms with Gasteiger partial charge in [-0.05, 0) is 43.4 Å².